The first-order valence-corrected chi connectivity index (χ1v) is 8.31. The molecule has 3 heteroatoms. The zero-order valence-electron chi connectivity index (χ0n) is 13.0. The maximum absolute atomic E-state index is 5.84. The number of ether oxygens (including phenoxy) is 2. The van der Waals surface area contributed by atoms with E-state index in [9.17, 15) is 0 Å². The Morgan fingerprint density at radius 3 is 2.95 bits per heavy atom. The van der Waals surface area contributed by atoms with Crippen molar-refractivity contribution in [1.82, 2.24) is 5.32 Å². The van der Waals surface area contributed by atoms with Crippen molar-refractivity contribution in [3.05, 3.63) is 29.8 Å². The largest absolute Gasteiger partial charge is 0.497 e. The van der Waals surface area contributed by atoms with Gasteiger partial charge in [0.1, 0.15) is 5.75 Å². The summed E-state index contributed by atoms with van der Waals surface area (Å²) in [6.45, 7) is 2.06. The molecule has 0 spiro atoms. The molecule has 2 unspecified atom stereocenters. The molecule has 2 fully saturated rings. The van der Waals surface area contributed by atoms with Crippen LogP contribution in [0.1, 0.15) is 37.7 Å². The lowest BCUT2D eigenvalue weighted by molar-refractivity contribution is 0.0892. The van der Waals surface area contributed by atoms with Gasteiger partial charge in [-0.2, -0.15) is 0 Å². The summed E-state index contributed by atoms with van der Waals surface area (Å²) in [5.74, 6) is 1.61. The van der Waals surface area contributed by atoms with Gasteiger partial charge in [0.05, 0.1) is 13.2 Å². The number of hydrogen-bond donors (Lipinski definition) is 1. The molecule has 116 valence electrons. The van der Waals surface area contributed by atoms with E-state index in [0.717, 1.165) is 31.4 Å². The molecule has 1 aromatic rings. The Bertz CT molecular complexity index is 439. The van der Waals surface area contributed by atoms with Gasteiger partial charge in [-0.1, -0.05) is 12.1 Å². The van der Waals surface area contributed by atoms with Gasteiger partial charge in [-0.3, -0.25) is 0 Å². The number of methoxy groups -OCH3 is 1. The van der Waals surface area contributed by atoms with Crippen molar-refractivity contribution in [3.63, 3.8) is 0 Å². The molecule has 3 rings (SSSR count). The lowest BCUT2D eigenvalue weighted by Crippen LogP contribution is -2.28. The number of benzene rings is 1. The van der Waals surface area contributed by atoms with Crippen LogP contribution in [0.5, 0.6) is 5.75 Å². The molecule has 1 aliphatic heterocycles. The molecule has 3 nitrogen and oxygen atoms in total. The first-order chi connectivity index (χ1) is 10.3. The van der Waals surface area contributed by atoms with E-state index in [4.69, 9.17) is 9.47 Å². The van der Waals surface area contributed by atoms with E-state index in [1.165, 1.54) is 37.7 Å². The fourth-order valence-corrected chi connectivity index (χ4v) is 3.19. The van der Waals surface area contributed by atoms with E-state index in [2.05, 4.69) is 23.5 Å². The van der Waals surface area contributed by atoms with Crippen molar-refractivity contribution >= 4 is 0 Å². The van der Waals surface area contributed by atoms with Crippen LogP contribution < -0.4 is 10.1 Å². The lowest BCUT2D eigenvalue weighted by Gasteiger charge is -2.21. The molecule has 1 aliphatic carbocycles. The molecule has 1 heterocycles. The fraction of sp³-hybridized carbons (Fsp3) is 0.667. The highest BCUT2D eigenvalue weighted by atomic mass is 16.5. The van der Waals surface area contributed by atoms with Crippen LogP contribution in [-0.2, 0) is 11.2 Å². The smallest absolute Gasteiger partial charge is 0.119 e. The van der Waals surface area contributed by atoms with Crippen LogP contribution in [0, 0.1) is 5.92 Å². The molecule has 21 heavy (non-hydrogen) atoms. The number of hydrogen-bond acceptors (Lipinski definition) is 3. The van der Waals surface area contributed by atoms with E-state index >= 15 is 0 Å². The van der Waals surface area contributed by atoms with E-state index in [-0.39, 0.29) is 0 Å². The van der Waals surface area contributed by atoms with Crippen LogP contribution in [0.15, 0.2) is 24.3 Å². The number of rotatable bonds is 8. The van der Waals surface area contributed by atoms with Crippen LogP contribution in [0.2, 0.25) is 0 Å². The molecule has 2 atom stereocenters. The second kappa shape index (κ2) is 7.28. The Kier molecular flexibility index (Phi) is 5.15. The van der Waals surface area contributed by atoms with Crippen molar-refractivity contribution in [3.8, 4) is 5.75 Å². The van der Waals surface area contributed by atoms with Crippen molar-refractivity contribution in [2.24, 2.45) is 5.92 Å². The zero-order chi connectivity index (χ0) is 14.5. The van der Waals surface area contributed by atoms with Gasteiger partial charge in [-0.05, 0) is 68.7 Å². The molecule has 2 aliphatic rings. The van der Waals surface area contributed by atoms with Gasteiger partial charge in [-0.15, -0.1) is 0 Å². The summed E-state index contributed by atoms with van der Waals surface area (Å²) in [5.41, 5.74) is 1.37. The summed E-state index contributed by atoms with van der Waals surface area (Å²) in [7, 11) is 1.73. The second-order valence-corrected chi connectivity index (χ2v) is 6.47. The van der Waals surface area contributed by atoms with Crippen molar-refractivity contribution in [2.75, 3.05) is 20.3 Å². The first-order valence-electron chi connectivity index (χ1n) is 8.31. The molecule has 1 saturated carbocycles. The molecule has 1 saturated heterocycles. The molecule has 0 bridgehead atoms. The molecular weight excluding hydrogens is 262 g/mol. The molecule has 0 amide bonds. The minimum atomic E-state index is 0.474. The highest BCUT2D eigenvalue weighted by molar-refractivity contribution is 5.28. The Morgan fingerprint density at radius 2 is 2.24 bits per heavy atom. The third-order valence-electron chi connectivity index (χ3n) is 4.55. The lowest BCUT2D eigenvalue weighted by atomic mass is 9.92. The number of nitrogens with one attached hydrogen (secondary N) is 1. The minimum Gasteiger partial charge on any atom is -0.497 e. The van der Waals surface area contributed by atoms with Gasteiger partial charge in [-0.25, -0.2) is 0 Å². The molecule has 1 N–H and O–H groups in total. The Morgan fingerprint density at radius 1 is 1.33 bits per heavy atom. The predicted molar refractivity (Wildman–Crippen MR) is 84.8 cm³/mol. The quantitative estimate of drug-likeness (QED) is 0.797. The van der Waals surface area contributed by atoms with E-state index in [1.807, 2.05) is 6.07 Å². The van der Waals surface area contributed by atoms with Gasteiger partial charge >= 0.3 is 0 Å². The Balaban J connectivity index is 1.58. The highest BCUT2D eigenvalue weighted by Gasteiger charge is 2.25. The van der Waals surface area contributed by atoms with Crippen molar-refractivity contribution < 1.29 is 9.47 Å². The monoisotopic (exact) mass is 289 g/mol. The molecule has 0 radical (unpaired) electrons. The third kappa shape index (κ3) is 4.72. The van der Waals surface area contributed by atoms with Crippen LogP contribution in [-0.4, -0.2) is 32.4 Å². The van der Waals surface area contributed by atoms with Gasteiger partial charge in [0.15, 0.2) is 0 Å². The molecular formula is C18H27NO2. The van der Waals surface area contributed by atoms with Gasteiger partial charge in [0, 0.05) is 12.6 Å². The second-order valence-electron chi connectivity index (χ2n) is 6.47. The van der Waals surface area contributed by atoms with Crippen LogP contribution >= 0.6 is 0 Å². The maximum atomic E-state index is 5.84. The maximum Gasteiger partial charge on any atom is 0.119 e. The standard InChI is InChI=1S/C18H27NO2/c1-20-17-5-2-4-14(11-17)10-15(13-19-16-7-8-16)12-18-6-3-9-21-18/h2,4-5,11,15-16,18-19H,3,6-10,12-13H2,1H3. The summed E-state index contributed by atoms with van der Waals surface area (Å²) in [6.07, 6.45) is 7.93. The first kappa shape index (κ1) is 14.9. The molecule has 1 aromatic carbocycles. The minimum absolute atomic E-state index is 0.474. The summed E-state index contributed by atoms with van der Waals surface area (Å²) in [6, 6.07) is 9.26. The predicted octanol–water partition coefficient (Wildman–Crippen LogP) is 3.18. The topological polar surface area (TPSA) is 30.5 Å². The van der Waals surface area contributed by atoms with E-state index < -0.39 is 0 Å². The van der Waals surface area contributed by atoms with E-state index in [0.29, 0.717) is 12.0 Å². The average Bonchev–Trinajstić information content (AvgIpc) is 3.21. The van der Waals surface area contributed by atoms with Crippen LogP contribution in [0.4, 0.5) is 0 Å². The Hall–Kier alpha value is -1.06. The average molecular weight is 289 g/mol. The van der Waals surface area contributed by atoms with Crippen molar-refractivity contribution in [2.45, 2.75) is 50.7 Å². The SMILES string of the molecule is COc1cccc(CC(CNC2CC2)CC2CCCO2)c1. The fourth-order valence-electron chi connectivity index (χ4n) is 3.19. The third-order valence-corrected chi connectivity index (χ3v) is 4.55. The summed E-state index contributed by atoms with van der Waals surface area (Å²) in [4.78, 5) is 0. The summed E-state index contributed by atoms with van der Waals surface area (Å²) < 4.78 is 11.2. The van der Waals surface area contributed by atoms with Crippen molar-refractivity contribution in [1.29, 1.82) is 0 Å². The normalized spacial score (nSPS) is 23.2. The summed E-state index contributed by atoms with van der Waals surface area (Å²) in [5, 5.41) is 3.69. The Labute approximate surface area is 128 Å². The van der Waals surface area contributed by atoms with Crippen LogP contribution in [0.3, 0.4) is 0 Å². The zero-order valence-corrected chi connectivity index (χ0v) is 13.0. The van der Waals surface area contributed by atoms with E-state index in [1.54, 1.807) is 7.11 Å². The van der Waals surface area contributed by atoms with Crippen LogP contribution in [0.25, 0.3) is 0 Å². The molecule has 0 aromatic heterocycles. The summed E-state index contributed by atoms with van der Waals surface area (Å²) >= 11 is 0. The highest BCUT2D eigenvalue weighted by Crippen LogP contribution is 2.25. The van der Waals surface area contributed by atoms with Gasteiger partial charge in [0.25, 0.3) is 0 Å². The van der Waals surface area contributed by atoms with Gasteiger partial charge in [0.2, 0.25) is 0 Å². The van der Waals surface area contributed by atoms with Gasteiger partial charge < -0.3 is 14.8 Å².